The lowest BCUT2D eigenvalue weighted by molar-refractivity contribution is -0.141. The fourth-order valence-corrected chi connectivity index (χ4v) is 3.36. The highest BCUT2D eigenvalue weighted by molar-refractivity contribution is 5.85. The first kappa shape index (κ1) is 31.5. The second kappa shape index (κ2) is 16.2. The van der Waals surface area contributed by atoms with Crippen molar-refractivity contribution >= 4 is 30.2 Å². The van der Waals surface area contributed by atoms with Gasteiger partial charge >= 0.3 is 5.97 Å². The van der Waals surface area contributed by atoms with Gasteiger partial charge in [-0.25, -0.2) is 0 Å². The molecule has 0 spiro atoms. The van der Waals surface area contributed by atoms with Crippen molar-refractivity contribution in [3.05, 3.63) is 0 Å². The first-order valence-electron chi connectivity index (χ1n) is 11.2. The van der Waals surface area contributed by atoms with Crippen LogP contribution in [0.1, 0.15) is 46.0 Å². The van der Waals surface area contributed by atoms with E-state index in [9.17, 15) is 29.7 Å². The lowest BCUT2D eigenvalue weighted by atomic mass is 10.1. The molecule has 4 atom stereocenters. The van der Waals surface area contributed by atoms with Crippen molar-refractivity contribution in [1.29, 1.82) is 0 Å². The summed E-state index contributed by atoms with van der Waals surface area (Å²) in [4.78, 5) is 39.3. The highest BCUT2D eigenvalue weighted by atomic mass is 35.5. The van der Waals surface area contributed by atoms with Crippen LogP contribution in [-0.2, 0) is 19.1 Å². The number of ether oxygens (including phenoxy) is 1. The summed E-state index contributed by atoms with van der Waals surface area (Å²) in [5, 5.41) is 39.5. The molecule has 33 heavy (non-hydrogen) atoms. The van der Waals surface area contributed by atoms with E-state index >= 15 is 0 Å². The highest BCUT2D eigenvalue weighted by Crippen LogP contribution is 2.11. The molecule has 1 saturated heterocycles. The van der Waals surface area contributed by atoms with E-state index in [1.165, 1.54) is 4.90 Å². The van der Waals surface area contributed by atoms with E-state index < -0.39 is 30.3 Å². The molecule has 0 aliphatic carbocycles. The molecular weight excluding hydrogens is 458 g/mol. The summed E-state index contributed by atoms with van der Waals surface area (Å²) in [5.74, 6) is -1.59. The van der Waals surface area contributed by atoms with Crippen LogP contribution in [0.2, 0.25) is 0 Å². The normalized spacial score (nSPS) is 24.5. The first-order chi connectivity index (χ1) is 15.0. The van der Waals surface area contributed by atoms with E-state index in [0.717, 1.165) is 0 Å². The van der Waals surface area contributed by atoms with Crippen LogP contribution in [0.15, 0.2) is 0 Å². The number of nitrogens with two attached hydrogens (primary N) is 1. The summed E-state index contributed by atoms with van der Waals surface area (Å²) in [6.45, 7) is 4.45. The Bertz CT molecular complexity index is 610. The Kier molecular flexibility index (Phi) is 15.4. The van der Waals surface area contributed by atoms with E-state index in [1.807, 2.05) is 13.8 Å². The van der Waals surface area contributed by atoms with Crippen LogP contribution in [0, 0.1) is 5.92 Å². The van der Waals surface area contributed by atoms with Gasteiger partial charge in [-0.2, -0.15) is 0 Å². The van der Waals surface area contributed by atoms with Gasteiger partial charge in [0.1, 0.15) is 24.4 Å². The maximum atomic E-state index is 12.7. The third-order valence-corrected chi connectivity index (χ3v) is 5.37. The summed E-state index contributed by atoms with van der Waals surface area (Å²) in [6.07, 6.45) is -2.74. The Morgan fingerprint density at radius 1 is 1.00 bits per heavy atom. The van der Waals surface area contributed by atoms with E-state index in [2.05, 4.69) is 0 Å². The quantitative estimate of drug-likeness (QED) is 0.314. The van der Waals surface area contributed by atoms with Crippen molar-refractivity contribution in [2.45, 2.75) is 70.3 Å². The number of carboxylic acids is 1. The van der Waals surface area contributed by atoms with Gasteiger partial charge < -0.3 is 40.7 Å². The van der Waals surface area contributed by atoms with Gasteiger partial charge in [-0.3, -0.25) is 14.4 Å². The van der Waals surface area contributed by atoms with Crippen molar-refractivity contribution in [3.8, 4) is 0 Å². The van der Waals surface area contributed by atoms with E-state index in [-0.39, 0.29) is 75.6 Å². The van der Waals surface area contributed by atoms with Gasteiger partial charge in [0.15, 0.2) is 0 Å². The molecule has 11 nitrogen and oxygen atoms in total. The molecule has 0 aromatic carbocycles. The average Bonchev–Trinajstić information content (AvgIpc) is 2.72. The van der Waals surface area contributed by atoms with E-state index in [1.54, 1.807) is 4.90 Å². The number of carbonyl (C=O) groups excluding carboxylic acids is 2. The molecule has 1 aliphatic heterocycles. The molecule has 1 rings (SSSR count). The summed E-state index contributed by atoms with van der Waals surface area (Å²) in [6, 6.07) is -1.13. The third kappa shape index (κ3) is 12.0. The number of aliphatic hydroxyl groups is 3. The number of hydrogen-bond acceptors (Lipinski definition) is 8. The SMILES string of the molecule is CC(C)CC(=O)N1CCN(C(=O)CC[C@@H](N)C(=O)O)CCCCOC[C@@H](O)[C@H](O)[C@@H](O)C1.Cl. The molecule has 1 fully saturated rings. The Labute approximate surface area is 201 Å². The van der Waals surface area contributed by atoms with Gasteiger partial charge in [-0.05, 0) is 25.2 Å². The Morgan fingerprint density at radius 3 is 2.24 bits per heavy atom. The average molecular weight is 498 g/mol. The van der Waals surface area contributed by atoms with E-state index in [0.29, 0.717) is 26.0 Å². The maximum Gasteiger partial charge on any atom is 0.320 e. The van der Waals surface area contributed by atoms with Gasteiger partial charge in [-0.15, -0.1) is 12.4 Å². The van der Waals surface area contributed by atoms with Crippen molar-refractivity contribution in [2.24, 2.45) is 11.7 Å². The molecule has 0 bridgehead atoms. The molecule has 0 aromatic rings. The van der Waals surface area contributed by atoms with Crippen molar-refractivity contribution in [3.63, 3.8) is 0 Å². The van der Waals surface area contributed by atoms with Gasteiger partial charge in [0.25, 0.3) is 0 Å². The van der Waals surface area contributed by atoms with Gasteiger partial charge in [0, 0.05) is 45.6 Å². The van der Waals surface area contributed by atoms with Crippen molar-refractivity contribution in [1.82, 2.24) is 9.80 Å². The smallest absolute Gasteiger partial charge is 0.320 e. The minimum absolute atomic E-state index is 0. The van der Waals surface area contributed by atoms with Crippen LogP contribution in [0.5, 0.6) is 0 Å². The maximum absolute atomic E-state index is 12.7. The molecule has 194 valence electrons. The molecule has 1 heterocycles. The van der Waals surface area contributed by atoms with Gasteiger partial charge in [0.05, 0.1) is 6.61 Å². The van der Waals surface area contributed by atoms with Gasteiger partial charge in [-0.1, -0.05) is 13.8 Å². The number of aliphatic hydroxyl groups excluding tert-OH is 3. The van der Waals surface area contributed by atoms with Crippen molar-refractivity contribution in [2.75, 3.05) is 39.4 Å². The van der Waals surface area contributed by atoms with Crippen molar-refractivity contribution < 1.29 is 39.5 Å². The molecule has 0 saturated carbocycles. The fourth-order valence-electron chi connectivity index (χ4n) is 3.36. The van der Waals surface area contributed by atoms with Crippen LogP contribution >= 0.6 is 12.4 Å². The summed E-state index contributed by atoms with van der Waals surface area (Å²) < 4.78 is 5.35. The number of nitrogens with zero attached hydrogens (tertiary/aromatic N) is 2. The number of amides is 2. The Morgan fingerprint density at radius 2 is 1.64 bits per heavy atom. The number of carboxylic acid groups (broad SMARTS) is 1. The predicted octanol–water partition coefficient (Wildman–Crippen LogP) is -0.803. The van der Waals surface area contributed by atoms with Crippen LogP contribution < -0.4 is 5.73 Å². The zero-order valence-corrected chi connectivity index (χ0v) is 20.3. The molecule has 6 N–H and O–H groups in total. The highest BCUT2D eigenvalue weighted by Gasteiger charge is 2.29. The largest absolute Gasteiger partial charge is 0.480 e. The molecule has 0 unspecified atom stereocenters. The molecular formula is C21H40ClN3O8. The van der Waals surface area contributed by atoms with Crippen LogP contribution in [0.3, 0.4) is 0 Å². The van der Waals surface area contributed by atoms with Crippen LogP contribution in [0.4, 0.5) is 0 Å². The van der Waals surface area contributed by atoms with Crippen LogP contribution in [0.25, 0.3) is 0 Å². The number of aliphatic carboxylic acids is 1. The number of carbonyl (C=O) groups is 3. The second-order valence-corrected chi connectivity index (χ2v) is 8.71. The first-order valence-corrected chi connectivity index (χ1v) is 11.2. The summed E-state index contributed by atoms with van der Waals surface area (Å²) in [5.41, 5.74) is 5.50. The Hall–Kier alpha value is -1.50. The second-order valence-electron chi connectivity index (χ2n) is 8.71. The summed E-state index contributed by atoms with van der Waals surface area (Å²) in [7, 11) is 0. The number of β-amino-alcohol motifs (C(OH)–C–C–N with tert-alkyl or cyclic N) is 1. The lowest BCUT2D eigenvalue weighted by Gasteiger charge is -2.32. The molecule has 0 aromatic heterocycles. The predicted molar refractivity (Wildman–Crippen MR) is 123 cm³/mol. The number of halogens is 1. The molecule has 1 aliphatic rings. The standard InChI is InChI=1S/C21H39N3O8.ClH/c1-14(2)11-19(28)24-9-8-23(18(27)6-5-15(22)21(30)31)7-3-4-10-32-13-17(26)20(29)16(25)12-24;/h14-17,20,25-26,29H,3-13,22H2,1-2H3,(H,30,31);1H/t15-,16+,17-,20-;/m1./s1. The third-order valence-electron chi connectivity index (χ3n) is 5.37. The zero-order valence-electron chi connectivity index (χ0n) is 19.5. The minimum atomic E-state index is -1.48. The number of hydrogen-bond donors (Lipinski definition) is 5. The summed E-state index contributed by atoms with van der Waals surface area (Å²) >= 11 is 0. The Balaban J connectivity index is 0.0000102. The minimum Gasteiger partial charge on any atom is -0.480 e. The topological polar surface area (TPSA) is 174 Å². The van der Waals surface area contributed by atoms with Gasteiger partial charge in [0.2, 0.25) is 11.8 Å². The molecule has 2 amide bonds. The zero-order chi connectivity index (χ0) is 24.3. The van der Waals surface area contributed by atoms with E-state index in [4.69, 9.17) is 15.6 Å². The molecule has 0 radical (unpaired) electrons. The van der Waals surface area contributed by atoms with Crippen LogP contribution in [-0.4, -0.2) is 112 Å². The molecule has 12 heteroatoms. The number of rotatable bonds is 6. The monoisotopic (exact) mass is 497 g/mol. The lowest BCUT2D eigenvalue weighted by Crippen LogP contribution is -2.50. The fraction of sp³-hybridized carbons (Fsp3) is 0.857.